The van der Waals surface area contributed by atoms with Gasteiger partial charge in [-0.2, -0.15) is 0 Å². The van der Waals surface area contributed by atoms with Crippen molar-refractivity contribution in [2.24, 2.45) is 0 Å². The van der Waals surface area contributed by atoms with Gasteiger partial charge in [-0.25, -0.2) is 9.97 Å². The van der Waals surface area contributed by atoms with E-state index in [2.05, 4.69) is 29.6 Å². The highest BCUT2D eigenvalue weighted by Gasteiger charge is 2.25. The van der Waals surface area contributed by atoms with Crippen molar-refractivity contribution in [1.82, 2.24) is 24.7 Å². The zero-order valence-corrected chi connectivity index (χ0v) is 15.2. The molecule has 0 atom stereocenters. The Hall–Kier alpha value is -2.67. The van der Waals surface area contributed by atoms with E-state index in [9.17, 15) is 0 Å². The smallest absolute Gasteiger partial charge is 0.316 e. The molecule has 0 aliphatic carbocycles. The lowest BCUT2D eigenvalue weighted by Crippen LogP contribution is -2.39. The van der Waals surface area contributed by atoms with Crippen LogP contribution in [0.1, 0.15) is 18.7 Å². The van der Waals surface area contributed by atoms with Crippen LogP contribution in [0, 0.1) is 6.92 Å². The molecule has 0 amide bonds. The fraction of sp³-hybridized carbons (Fsp3) is 0.333. The Labute approximate surface area is 156 Å². The van der Waals surface area contributed by atoms with E-state index in [1.54, 1.807) is 18.5 Å². The fourth-order valence-corrected chi connectivity index (χ4v) is 3.24. The molecule has 1 aromatic carbocycles. The second kappa shape index (κ2) is 7.29. The van der Waals surface area contributed by atoms with Crippen LogP contribution in [-0.4, -0.2) is 43.9 Å². The van der Waals surface area contributed by atoms with Gasteiger partial charge >= 0.3 is 6.01 Å². The average Bonchev–Trinajstić information content (AvgIpc) is 3.05. The maximum Gasteiger partial charge on any atom is 0.316 e. The Bertz CT molecular complexity index is 859. The molecular formula is C18H19ClN6O. The average molecular weight is 371 g/mol. The van der Waals surface area contributed by atoms with Gasteiger partial charge in [0.25, 0.3) is 0 Å². The molecule has 0 radical (unpaired) electrons. The summed E-state index contributed by atoms with van der Waals surface area (Å²) in [5, 5.41) is 9.36. The molecule has 3 heterocycles. The number of anilines is 1. The van der Waals surface area contributed by atoms with Crippen LogP contribution in [0.15, 0.2) is 42.7 Å². The first-order chi connectivity index (χ1) is 12.7. The van der Waals surface area contributed by atoms with Crippen molar-refractivity contribution in [2.75, 3.05) is 18.0 Å². The molecule has 0 saturated carbocycles. The molecule has 4 rings (SSSR count). The number of benzene rings is 1. The minimum atomic E-state index is 0.113. The van der Waals surface area contributed by atoms with Gasteiger partial charge in [0.2, 0.25) is 5.95 Å². The van der Waals surface area contributed by atoms with Crippen molar-refractivity contribution in [1.29, 1.82) is 0 Å². The Morgan fingerprint density at radius 1 is 1.04 bits per heavy atom. The summed E-state index contributed by atoms with van der Waals surface area (Å²) in [6.07, 6.45) is 5.25. The van der Waals surface area contributed by atoms with Crippen LogP contribution in [0.2, 0.25) is 5.02 Å². The van der Waals surface area contributed by atoms with Gasteiger partial charge in [-0.15, -0.1) is 10.2 Å². The molecule has 26 heavy (non-hydrogen) atoms. The first-order valence-electron chi connectivity index (χ1n) is 8.57. The molecule has 7 nitrogen and oxygen atoms in total. The van der Waals surface area contributed by atoms with Gasteiger partial charge in [-0.3, -0.25) is 4.57 Å². The third-order valence-electron chi connectivity index (χ3n) is 4.43. The monoisotopic (exact) mass is 370 g/mol. The van der Waals surface area contributed by atoms with Crippen molar-refractivity contribution in [3.8, 4) is 11.7 Å². The van der Waals surface area contributed by atoms with Gasteiger partial charge in [0.15, 0.2) is 0 Å². The Morgan fingerprint density at radius 2 is 1.73 bits per heavy atom. The molecule has 0 unspecified atom stereocenters. The maximum absolute atomic E-state index is 6.01. The van der Waals surface area contributed by atoms with E-state index in [4.69, 9.17) is 16.3 Å². The molecule has 134 valence electrons. The largest absolute Gasteiger partial charge is 0.460 e. The van der Waals surface area contributed by atoms with Crippen LogP contribution in [-0.2, 0) is 0 Å². The van der Waals surface area contributed by atoms with E-state index in [0.29, 0.717) is 11.0 Å². The summed E-state index contributed by atoms with van der Waals surface area (Å²) in [6.45, 7) is 3.63. The van der Waals surface area contributed by atoms with Crippen molar-refractivity contribution >= 4 is 17.5 Å². The highest BCUT2D eigenvalue weighted by atomic mass is 35.5. The fourth-order valence-electron chi connectivity index (χ4n) is 3.12. The minimum absolute atomic E-state index is 0.113. The lowest BCUT2D eigenvalue weighted by Gasteiger charge is -2.32. The van der Waals surface area contributed by atoms with Gasteiger partial charge in [0, 0.05) is 43.3 Å². The SMILES string of the molecule is Cc1nnc(N2CCC(Oc3ncccn3)CC2)n1-c1ccc(Cl)cc1. The Balaban J connectivity index is 1.47. The Kier molecular flexibility index (Phi) is 4.71. The molecule has 1 saturated heterocycles. The lowest BCUT2D eigenvalue weighted by molar-refractivity contribution is 0.156. The molecule has 3 aromatic rings. The molecular weight excluding hydrogens is 352 g/mol. The number of aromatic nitrogens is 5. The van der Waals surface area contributed by atoms with E-state index < -0.39 is 0 Å². The van der Waals surface area contributed by atoms with Crippen molar-refractivity contribution in [2.45, 2.75) is 25.9 Å². The quantitative estimate of drug-likeness (QED) is 0.703. The van der Waals surface area contributed by atoms with Gasteiger partial charge in [-0.05, 0) is 37.3 Å². The van der Waals surface area contributed by atoms with E-state index in [-0.39, 0.29) is 6.10 Å². The number of aryl methyl sites for hydroxylation is 1. The van der Waals surface area contributed by atoms with Crippen molar-refractivity contribution < 1.29 is 4.74 Å². The zero-order valence-electron chi connectivity index (χ0n) is 14.4. The number of rotatable bonds is 4. The predicted molar refractivity (Wildman–Crippen MR) is 99.0 cm³/mol. The summed E-state index contributed by atoms with van der Waals surface area (Å²) in [7, 11) is 0. The number of nitrogens with zero attached hydrogens (tertiary/aromatic N) is 6. The van der Waals surface area contributed by atoms with Crippen molar-refractivity contribution in [3.63, 3.8) is 0 Å². The second-order valence-electron chi connectivity index (χ2n) is 6.19. The van der Waals surface area contributed by atoms with Gasteiger partial charge in [0.1, 0.15) is 11.9 Å². The third kappa shape index (κ3) is 3.48. The lowest BCUT2D eigenvalue weighted by atomic mass is 10.1. The van der Waals surface area contributed by atoms with Crippen molar-refractivity contribution in [3.05, 3.63) is 53.6 Å². The summed E-state index contributed by atoms with van der Waals surface area (Å²) in [5.74, 6) is 1.69. The zero-order chi connectivity index (χ0) is 17.9. The second-order valence-corrected chi connectivity index (χ2v) is 6.63. The molecule has 1 fully saturated rings. The maximum atomic E-state index is 6.01. The summed E-state index contributed by atoms with van der Waals surface area (Å²) in [4.78, 5) is 10.5. The number of hydrogen-bond acceptors (Lipinski definition) is 6. The van der Waals surface area contributed by atoms with Crippen LogP contribution in [0.4, 0.5) is 5.95 Å². The third-order valence-corrected chi connectivity index (χ3v) is 4.68. The van der Waals surface area contributed by atoms with Gasteiger partial charge < -0.3 is 9.64 Å². The van der Waals surface area contributed by atoms with E-state index >= 15 is 0 Å². The molecule has 1 aliphatic heterocycles. The van der Waals surface area contributed by atoms with Crippen LogP contribution in [0.5, 0.6) is 6.01 Å². The summed E-state index contributed by atoms with van der Waals surface area (Å²) < 4.78 is 7.92. The van der Waals surface area contributed by atoms with E-state index in [1.807, 2.05) is 31.2 Å². The number of hydrogen-bond donors (Lipinski definition) is 0. The molecule has 0 N–H and O–H groups in total. The first kappa shape index (κ1) is 16.8. The summed E-state index contributed by atoms with van der Waals surface area (Å²) >= 11 is 6.01. The molecule has 2 aromatic heterocycles. The number of piperidine rings is 1. The van der Waals surface area contributed by atoms with Gasteiger partial charge in [0.05, 0.1) is 5.69 Å². The molecule has 8 heteroatoms. The normalized spacial score (nSPS) is 15.2. The molecule has 0 bridgehead atoms. The van der Waals surface area contributed by atoms with Crippen LogP contribution >= 0.6 is 11.6 Å². The topological polar surface area (TPSA) is 69.0 Å². The minimum Gasteiger partial charge on any atom is -0.460 e. The van der Waals surface area contributed by atoms with Crippen LogP contribution in [0.25, 0.3) is 5.69 Å². The van der Waals surface area contributed by atoms with Crippen LogP contribution in [0.3, 0.4) is 0 Å². The predicted octanol–water partition coefficient (Wildman–Crippen LogP) is 3.07. The Morgan fingerprint density at radius 3 is 2.42 bits per heavy atom. The first-order valence-corrected chi connectivity index (χ1v) is 8.95. The van der Waals surface area contributed by atoms with E-state index in [1.165, 1.54) is 0 Å². The van der Waals surface area contributed by atoms with E-state index in [0.717, 1.165) is 43.4 Å². The number of halogens is 1. The van der Waals surface area contributed by atoms with Crippen LogP contribution < -0.4 is 9.64 Å². The summed E-state index contributed by atoms with van der Waals surface area (Å²) in [6, 6.07) is 9.92. The summed E-state index contributed by atoms with van der Waals surface area (Å²) in [5.41, 5.74) is 1.00. The van der Waals surface area contributed by atoms with Gasteiger partial charge in [-0.1, -0.05) is 11.6 Å². The number of ether oxygens (including phenoxy) is 1. The standard InChI is InChI=1S/C18H19ClN6O/c1-13-22-23-18(25(13)15-5-3-14(19)4-6-15)24-11-7-16(8-12-24)26-17-20-9-2-10-21-17/h2-6,9-10,16H,7-8,11-12H2,1H3. The highest BCUT2D eigenvalue weighted by molar-refractivity contribution is 6.30. The molecule has 1 aliphatic rings. The molecule has 0 spiro atoms. The highest BCUT2D eigenvalue weighted by Crippen LogP contribution is 2.25.